The van der Waals surface area contributed by atoms with Crippen molar-refractivity contribution in [1.82, 2.24) is 10.2 Å². The number of nitrogens with one attached hydrogen (secondary N) is 1. The van der Waals surface area contributed by atoms with Crippen LogP contribution in [-0.2, 0) is 4.79 Å². The van der Waals surface area contributed by atoms with Gasteiger partial charge in [-0.2, -0.15) is 5.26 Å². The number of rotatable bonds is 5. The van der Waals surface area contributed by atoms with Crippen molar-refractivity contribution >= 4 is 5.91 Å². The minimum atomic E-state index is -0.0644. The number of nitrogens with two attached hydrogens (primary N) is 1. The summed E-state index contributed by atoms with van der Waals surface area (Å²) in [6, 6.07) is 2.34. The van der Waals surface area contributed by atoms with Crippen molar-refractivity contribution in [3.63, 3.8) is 0 Å². The van der Waals surface area contributed by atoms with Gasteiger partial charge in [-0.1, -0.05) is 6.42 Å². The van der Waals surface area contributed by atoms with Crippen molar-refractivity contribution in [3.8, 4) is 6.07 Å². The second-order valence-electron chi connectivity index (χ2n) is 4.13. The third-order valence-corrected chi connectivity index (χ3v) is 2.96. The van der Waals surface area contributed by atoms with Crippen LogP contribution < -0.4 is 11.1 Å². The lowest BCUT2D eigenvalue weighted by molar-refractivity contribution is -0.122. The van der Waals surface area contributed by atoms with Crippen molar-refractivity contribution in [2.75, 3.05) is 26.2 Å². The number of nitriles is 1. The Balaban J connectivity index is 2.37. The highest BCUT2D eigenvalue weighted by atomic mass is 16.2. The van der Waals surface area contributed by atoms with Crippen molar-refractivity contribution in [2.24, 2.45) is 5.73 Å². The Bertz CT molecular complexity index is 259. The van der Waals surface area contributed by atoms with Crippen LogP contribution in [0.4, 0.5) is 0 Å². The average molecular weight is 224 g/mol. The zero-order valence-corrected chi connectivity index (χ0v) is 9.61. The summed E-state index contributed by atoms with van der Waals surface area (Å²) in [6.07, 6.45) is 4.45. The van der Waals surface area contributed by atoms with Gasteiger partial charge in [-0.05, 0) is 32.4 Å². The molecule has 3 N–H and O–H groups in total. The first kappa shape index (κ1) is 12.9. The van der Waals surface area contributed by atoms with E-state index in [2.05, 4.69) is 10.2 Å². The molecular formula is C11H20N4O. The largest absolute Gasteiger partial charge is 0.342 e. The molecule has 0 spiro atoms. The predicted octanol–water partition coefficient (Wildman–Crippen LogP) is -0.171. The number of likely N-dealkylation sites (tertiary alicyclic amines) is 1. The highest BCUT2D eigenvalue weighted by Crippen LogP contribution is 2.18. The molecule has 0 aromatic rings. The summed E-state index contributed by atoms with van der Waals surface area (Å²) >= 11 is 0. The van der Waals surface area contributed by atoms with E-state index in [0.717, 1.165) is 25.8 Å². The van der Waals surface area contributed by atoms with Gasteiger partial charge < -0.3 is 11.1 Å². The Hall–Kier alpha value is -1.12. The predicted molar refractivity (Wildman–Crippen MR) is 61.5 cm³/mol. The fourth-order valence-corrected chi connectivity index (χ4v) is 2.17. The van der Waals surface area contributed by atoms with E-state index >= 15 is 0 Å². The molecule has 16 heavy (non-hydrogen) atoms. The number of piperidine rings is 1. The molecule has 0 saturated carbocycles. The van der Waals surface area contributed by atoms with Crippen LogP contribution in [0.1, 0.15) is 25.7 Å². The summed E-state index contributed by atoms with van der Waals surface area (Å²) < 4.78 is 0. The van der Waals surface area contributed by atoms with Crippen molar-refractivity contribution in [3.05, 3.63) is 0 Å². The Morgan fingerprint density at radius 2 is 2.38 bits per heavy atom. The number of hydrogen-bond donors (Lipinski definition) is 2. The van der Waals surface area contributed by atoms with Gasteiger partial charge in [0.15, 0.2) is 0 Å². The van der Waals surface area contributed by atoms with E-state index in [4.69, 9.17) is 11.0 Å². The second-order valence-corrected chi connectivity index (χ2v) is 4.13. The van der Waals surface area contributed by atoms with Crippen LogP contribution in [-0.4, -0.2) is 43.0 Å². The highest BCUT2D eigenvalue weighted by Gasteiger charge is 2.23. The van der Waals surface area contributed by atoms with E-state index in [1.54, 1.807) is 0 Å². The van der Waals surface area contributed by atoms with Gasteiger partial charge in [0.25, 0.3) is 0 Å². The minimum absolute atomic E-state index is 0.0644. The van der Waals surface area contributed by atoms with Crippen LogP contribution in [0.3, 0.4) is 0 Å². The molecule has 1 saturated heterocycles. The molecule has 5 heteroatoms. The monoisotopic (exact) mass is 224 g/mol. The van der Waals surface area contributed by atoms with Gasteiger partial charge >= 0.3 is 0 Å². The maximum atomic E-state index is 11.5. The maximum Gasteiger partial charge on any atom is 0.235 e. The number of nitrogens with zero attached hydrogens (tertiary/aromatic N) is 2. The van der Waals surface area contributed by atoms with Gasteiger partial charge in [0.2, 0.25) is 5.91 Å². The van der Waals surface area contributed by atoms with Crippen molar-refractivity contribution < 1.29 is 4.79 Å². The van der Waals surface area contributed by atoms with Crippen molar-refractivity contribution in [1.29, 1.82) is 5.26 Å². The van der Waals surface area contributed by atoms with E-state index < -0.39 is 0 Å². The van der Waals surface area contributed by atoms with E-state index in [0.29, 0.717) is 19.1 Å². The smallest absolute Gasteiger partial charge is 0.235 e. The number of hydrogen-bond acceptors (Lipinski definition) is 4. The molecule has 1 aliphatic heterocycles. The minimum Gasteiger partial charge on any atom is -0.342 e. The van der Waals surface area contributed by atoms with Crippen LogP contribution in [0.5, 0.6) is 0 Å². The van der Waals surface area contributed by atoms with Gasteiger partial charge in [-0.25, -0.2) is 0 Å². The molecule has 90 valence electrons. The van der Waals surface area contributed by atoms with Crippen LogP contribution >= 0.6 is 0 Å². The highest BCUT2D eigenvalue weighted by molar-refractivity contribution is 5.78. The molecule has 1 atom stereocenters. The van der Waals surface area contributed by atoms with E-state index in [1.807, 2.05) is 6.07 Å². The molecular weight excluding hydrogens is 204 g/mol. The van der Waals surface area contributed by atoms with Gasteiger partial charge in [-0.3, -0.25) is 9.69 Å². The molecule has 1 heterocycles. The first-order valence-corrected chi connectivity index (χ1v) is 5.85. The third-order valence-electron chi connectivity index (χ3n) is 2.96. The Morgan fingerprint density at radius 1 is 1.56 bits per heavy atom. The SMILES string of the molecule is N#CCNC(=O)CN1CCCCC1CCN. The van der Waals surface area contributed by atoms with Crippen molar-refractivity contribution in [2.45, 2.75) is 31.7 Å². The zero-order chi connectivity index (χ0) is 11.8. The fraction of sp³-hybridized carbons (Fsp3) is 0.818. The molecule has 0 radical (unpaired) electrons. The number of carbonyl (C=O) groups excluding carboxylic acids is 1. The van der Waals surface area contributed by atoms with Crippen LogP contribution in [0.2, 0.25) is 0 Å². The molecule has 1 unspecified atom stereocenters. The standard InChI is InChI=1S/C11H20N4O/c12-5-4-10-3-1-2-8-15(10)9-11(16)14-7-6-13/h10H,1-5,7-9,12H2,(H,14,16). The van der Waals surface area contributed by atoms with E-state index in [9.17, 15) is 4.79 Å². The molecule has 1 aliphatic rings. The summed E-state index contributed by atoms with van der Waals surface area (Å²) in [4.78, 5) is 13.7. The molecule has 5 nitrogen and oxygen atoms in total. The summed E-state index contributed by atoms with van der Waals surface area (Å²) in [7, 11) is 0. The first-order chi connectivity index (χ1) is 7.77. The molecule has 1 fully saturated rings. The third kappa shape index (κ3) is 4.17. The maximum absolute atomic E-state index is 11.5. The first-order valence-electron chi connectivity index (χ1n) is 5.85. The Labute approximate surface area is 96.6 Å². The molecule has 0 aliphatic carbocycles. The topological polar surface area (TPSA) is 82.2 Å². The normalized spacial score (nSPS) is 21.4. The number of carbonyl (C=O) groups is 1. The molecule has 1 rings (SSSR count). The average Bonchev–Trinajstić information content (AvgIpc) is 2.29. The lowest BCUT2D eigenvalue weighted by atomic mass is 9.99. The van der Waals surface area contributed by atoms with E-state index in [-0.39, 0.29) is 12.5 Å². The van der Waals surface area contributed by atoms with Crippen LogP contribution in [0.15, 0.2) is 0 Å². The summed E-state index contributed by atoms with van der Waals surface area (Å²) in [5.41, 5.74) is 5.56. The van der Waals surface area contributed by atoms with E-state index in [1.165, 1.54) is 6.42 Å². The zero-order valence-electron chi connectivity index (χ0n) is 9.61. The second kappa shape index (κ2) is 7.20. The molecule has 1 amide bonds. The quantitative estimate of drug-likeness (QED) is 0.635. The Kier molecular flexibility index (Phi) is 5.83. The molecule has 0 aromatic carbocycles. The number of amides is 1. The van der Waals surface area contributed by atoms with Gasteiger partial charge in [0.05, 0.1) is 12.6 Å². The van der Waals surface area contributed by atoms with Crippen LogP contribution in [0, 0.1) is 11.3 Å². The molecule has 0 aromatic heterocycles. The van der Waals surface area contributed by atoms with Gasteiger partial charge in [0.1, 0.15) is 6.54 Å². The van der Waals surface area contributed by atoms with Gasteiger partial charge in [0, 0.05) is 6.04 Å². The lowest BCUT2D eigenvalue weighted by Crippen LogP contribution is -2.46. The molecule has 0 bridgehead atoms. The summed E-state index contributed by atoms with van der Waals surface area (Å²) in [6.45, 7) is 2.12. The Morgan fingerprint density at radius 3 is 3.06 bits per heavy atom. The van der Waals surface area contributed by atoms with Crippen LogP contribution in [0.25, 0.3) is 0 Å². The van der Waals surface area contributed by atoms with Gasteiger partial charge in [-0.15, -0.1) is 0 Å². The summed E-state index contributed by atoms with van der Waals surface area (Å²) in [5, 5.41) is 10.9. The summed E-state index contributed by atoms with van der Waals surface area (Å²) in [5.74, 6) is -0.0644. The lowest BCUT2D eigenvalue weighted by Gasteiger charge is -2.34. The fourth-order valence-electron chi connectivity index (χ4n) is 2.17.